The summed E-state index contributed by atoms with van der Waals surface area (Å²) < 4.78 is 1.91. The van der Waals surface area contributed by atoms with E-state index in [1.807, 2.05) is 35.4 Å². The van der Waals surface area contributed by atoms with Crippen LogP contribution >= 0.6 is 0 Å². The number of rotatable bonds is 6. The molecule has 3 rings (SSSR count). The van der Waals surface area contributed by atoms with Crippen LogP contribution in [0.4, 0.5) is 4.79 Å². The van der Waals surface area contributed by atoms with Gasteiger partial charge in [0.2, 0.25) is 0 Å². The van der Waals surface area contributed by atoms with Crippen molar-refractivity contribution in [3.63, 3.8) is 0 Å². The summed E-state index contributed by atoms with van der Waals surface area (Å²) in [6.45, 7) is 5.16. The summed E-state index contributed by atoms with van der Waals surface area (Å²) in [6.07, 6.45) is 3.72. The highest BCUT2D eigenvalue weighted by molar-refractivity contribution is 5.75. The molecule has 128 valence electrons. The molecular formula is C17H23N5O2. The molecule has 1 heterocycles. The molecular weight excluding hydrogens is 306 g/mol. The van der Waals surface area contributed by atoms with Gasteiger partial charge in [0.15, 0.2) is 5.82 Å². The van der Waals surface area contributed by atoms with E-state index in [9.17, 15) is 9.90 Å². The quantitative estimate of drug-likeness (QED) is 0.852. The maximum absolute atomic E-state index is 12.7. The Kier molecular flexibility index (Phi) is 4.69. The average molecular weight is 329 g/mol. The number of amides is 2. The molecule has 0 spiro atoms. The van der Waals surface area contributed by atoms with E-state index in [0.29, 0.717) is 6.54 Å². The standard InChI is InChI=1S/C17H23N5O2/c1-3-21-11-19-20-16(21)10-18-17(24)22(14-6-7-14)12(2)13-4-8-15(23)9-5-13/h4-5,8-9,11-12,14,23H,3,6-7,10H2,1-2H3,(H,18,24)/t12-/m0/s1. The number of nitrogens with one attached hydrogen (secondary N) is 1. The fourth-order valence-electron chi connectivity index (χ4n) is 2.85. The van der Waals surface area contributed by atoms with Crippen LogP contribution in [0.15, 0.2) is 30.6 Å². The number of phenols is 1. The van der Waals surface area contributed by atoms with Crippen LogP contribution in [0, 0.1) is 0 Å². The van der Waals surface area contributed by atoms with E-state index in [1.165, 1.54) is 0 Å². The molecule has 1 atom stereocenters. The number of phenolic OH excluding ortho intramolecular Hbond substituents is 1. The van der Waals surface area contributed by atoms with Crippen molar-refractivity contribution < 1.29 is 9.90 Å². The van der Waals surface area contributed by atoms with Crippen LogP contribution in [0.2, 0.25) is 0 Å². The number of urea groups is 1. The smallest absolute Gasteiger partial charge is 0.318 e. The zero-order valence-electron chi connectivity index (χ0n) is 14.0. The van der Waals surface area contributed by atoms with Gasteiger partial charge in [0, 0.05) is 12.6 Å². The van der Waals surface area contributed by atoms with E-state index in [2.05, 4.69) is 15.5 Å². The Hall–Kier alpha value is -2.57. The Balaban J connectivity index is 1.68. The third-order valence-electron chi connectivity index (χ3n) is 4.40. The zero-order valence-corrected chi connectivity index (χ0v) is 14.0. The van der Waals surface area contributed by atoms with Crippen molar-refractivity contribution >= 4 is 6.03 Å². The molecule has 2 N–H and O–H groups in total. The predicted molar refractivity (Wildman–Crippen MR) is 89.3 cm³/mol. The molecule has 2 aromatic rings. The maximum atomic E-state index is 12.7. The summed E-state index contributed by atoms with van der Waals surface area (Å²) in [4.78, 5) is 14.6. The number of carbonyl (C=O) groups is 1. The third-order valence-corrected chi connectivity index (χ3v) is 4.40. The van der Waals surface area contributed by atoms with Crippen molar-refractivity contribution in [2.45, 2.75) is 51.9 Å². The molecule has 7 nitrogen and oxygen atoms in total. The van der Waals surface area contributed by atoms with Crippen LogP contribution in [-0.2, 0) is 13.1 Å². The Morgan fingerprint density at radius 3 is 2.75 bits per heavy atom. The van der Waals surface area contributed by atoms with Crippen LogP contribution in [0.3, 0.4) is 0 Å². The fraction of sp³-hybridized carbons (Fsp3) is 0.471. The minimum absolute atomic E-state index is 0.0536. The Labute approximate surface area is 141 Å². The summed E-state index contributed by atoms with van der Waals surface area (Å²) in [6, 6.07) is 7.15. The highest BCUT2D eigenvalue weighted by atomic mass is 16.3. The second-order valence-electron chi connectivity index (χ2n) is 6.10. The molecule has 24 heavy (non-hydrogen) atoms. The summed E-state index contributed by atoms with van der Waals surface area (Å²) in [5, 5.41) is 20.3. The molecule has 0 radical (unpaired) electrons. The average Bonchev–Trinajstić information content (AvgIpc) is 3.30. The topological polar surface area (TPSA) is 83.3 Å². The normalized spacial score (nSPS) is 15.1. The van der Waals surface area contributed by atoms with Gasteiger partial charge in [-0.2, -0.15) is 0 Å². The van der Waals surface area contributed by atoms with Gasteiger partial charge < -0.3 is 19.9 Å². The zero-order chi connectivity index (χ0) is 17.1. The van der Waals surface area contributed by atoms with Gasteiger partial charge in [-0.15, -0.1) is 10.2 Å². The first kappa shape index (κ1) is 16.3. The molecule has 1 aromatic heterocycles. The van der Waals surface area contributed by atoms with Crippen molar-refractivity contribution in [3.8, 4) is 5.75 Å². The molecule has 2 amide bonds. The number of hydrogen-bond acceptors (Lipinski definition) is 4. The minimum Gasteiger partial charge on any atom is -0.508 e. The first-order valence-electron chi connectivity index (χ1n) is 8.32. The van der Waals surface area contributed by atoms with Crippen LogP contribution < -0.4 is 5.32 Å². The molecule has 1 aromatic carbocycles. The van der Waals surface area contributed by atoms with Gasteiger partial charge in [-0.3, -0.25) is 0 Å². The van der Waals surface area contributed by atoms with E-state index >= 15 is 0 Å². The van der Waals surface area contributed by atoms with E-state index in [0.717, 1.165) is 30.8 Å². The van der Waals surface area contributed by atoms with Gasteiger partial charge >= 0.3 is 6.03 Å². The van der Waals surface area contributed by atoms with E-state index in [-0.39, 0.29) is 23.9 Å². The lowest BCUT2D eigenvalue weighted by Crippen LogP contribution is -2.42. The first-order chi connectivity index (χ1) is 11.6. The van der Waals surface area contributed by atoms with Crippen LogP contribution in [0.5, 0.6) is 5.75 Å². The van der Waals surface area contributed by atoms with Gasteiger partial charge in [-0.05, 0) is 44.4 Å². The van der Waals surface area contributed by atoms with E-state index in [4.69, 9.17) is 0 Å². The monoisotopic (exact) mass is 329 g/mol. The van der Waals surface area contributed by atoms with Gasteiger partial charge in [-0.25, -0.2) is 4.79 Å². The number of hydrogen-bond donors (Lipinski definition) is 2. The Morgan fingerprint density at radius 1 is 1.42 bits per heavy atom. The van der Waals surface area contributed by atoms with E-state index in [1.54, 1.807) is 18.5 Å². The van der Waals surface area contributed by atoms with Gasteiger partial charge in [0.05, 0.1) is 12.6 Å². The first-order valence-corrected chi connectivity index (χ1v) is 8.32. The number of benzene rings is 1. The van der Waals surface area contributed by atoms with Crippen molar-refractivity contribution in [3.05, 3.63) is 42.0 Å². The van der Waals surface area contributed by atoms with Crippen molar-refractivity contribution in [1.82, 2.24) is 25.0 Å². The van der Waals surface area contributed by atoms with Gasteiger partial charge in [0.1, 0.15) is 12.1 Å². The minimum atomic E-state index is -0.0938. The van der Waals surface area contributed by atoms with Gasteiger partial charge in [-0.1, -0.05) is 12.1 Å². The Bertz CT molecular complexity index is 693. The highest BCUT2D eigenvalue weighted by Gasteiger charge is 2.36. The maximum Gasteiger partial charge on any atom is 0.318 e. The molecule has 0 saturated heterocycles. The molecule has 1 aliphatic rings. The SMILES string of the molecule is CCn1cnnc1CNC(=O)N(C1CC1)[C@@H](C)c1ccc(O)cc1. The van der Waals surface area contributed by atoms with Crippen molar-refractivity contribution in [1.29, 1.82) is 0 Å². The molecule has 1 aliphatic carbocycles. The lowest BCUT2D eigenvalue weighted by Gasteiger charge is -2.30. The number of aromatic hydroxyl groups is 1. The molecule has 1 saturated carbocycles. The van der Waals surface area contributed by atoms with Crippen LogP contribution in [0.25, 0.3) is 0 Å². The van der Waals surface area contributed by atoms with Gasteiger partial charge in [0.25, 0.3) is 0 Å². The summed E-state index contributed by atoms with van der Waals surface area (Å²) in [7, 11) is 0. The number of aromatic nitrogens is 3. The number of aryl methyl sites for hydroxylation is 1. The lowest BCUT2D eigenvalue weighted by atomic mass is 10.1. The molecule has 7 heteroatoms. The molecule has 1 fully saturated rings. The molecule has 0 aliphatic heterocycles. The third kappa shape index (κ3) is 3.50. The largest absolute Gasteiger partial charge is 0.508 e. The number of carbonyl (C=O) groups excluding carboxylic acids is 1. The van der Waals surface area contributed by atoms with Crippen LogP contribution in [0.1, 0.15) is 44.1 Å². The second kappa shape index (κ2) is 6.90. The Morgan fingerprint density at radius 2 is 2.12 bits per heavy atom. The number of nitrogens with zero attached hydrogens (tertiary/aromatic N) is 4. The predicted octanol–water partition coefficient (Wildman–Crippen LogP) is 2.44. The second-order valence-corrected chi connectivity index (χ2v) is 6.10. The summed E-state index contributed by atoms with van der Waals surface area (Å²) in [5.74, 6) is 0.978. The van der Waals surface area contributed by atoms with Crippen LogP contribution in [-0.4, -0.2) is 36.8 Å². The van der Waals surface area contributed by atoms with Crippen molar-refractivity contribution in [2.24, 2.45) is 0 Å². The van der Waals surface area contributed by atoms with E-state index < -0.39 is 0 Å². The lowest BCUT2D eigenvalue weighted by molar-refractivity contribution is 0.174. The summed E-state index contributed by atoms with van der Waals surface area (Å²) in [5.41, 5.74) is 1.01. The molecule has 0 unspecified atom stereocenters. The molecule has 0 bridgehead atoms. The highest BCUT2D eigenvalue weighted by Crippen LogP contribution is 2.34. The fourth-order valence-corrected chi connectivity index (χ4v) is 2.85. The van der Waals surface area contributed by atoms with Crippen molar-refractivity contribution in [2.75, 3.05) is 0 Å². The summed E-state index contributed by atoms with van der Waals surface area (Å²) >= 11 is 0.